The van der Waals surface area contributed by atoms with Crippen LogP contribution in [0.2, 0.25) is 10.0 Å². The highest BCUT2D eigenvalue weighted by Gasteiger charge is 2.07. The minimum atomic E-state index is 0.247. The van der Waals surface area contributed by atoms with Gasteiger partial charge in [0.15, 0.2) is 5.82 Å². The average Bonchev–Trinajstić information content (AvgIpc) is 2.63. The molecule has 1 heterocycles. The third-order valence-electron chi connectivity index (χ3n) is 1.81. The standard InChI is InChI=1S/C8H7Cl2N5/c9-5-1-6(10)3-7(2-5)15-8(4-11)12-13-14-15/h1-3H,4,11H2. The molecule has 15 heavy (non-hydrogen) atoms. The van der Waals surface area contributed by atoms with E-state index < -0.39 is 0 Å². The molecule has 0 unspecified atom stereocenters. The monoisotopic (exact) mass is 243 g/mol. The van der Waals surface area contributed by atoms with Crippen molar-refractivity contribution in [3.8, 4) is 5.69 Å². The van der Waals surface area contributed by atoms with E-state index in [9.17, 15) is 0 Å². The summed E-state index contributed by atoms with van der Waals surface area (Å²) in [7, 11) is 0. The molecule has 2 rings (SSSR count). The normalized spacial score (nSPS) is 10.6. The van der Waals surface area contributed by atoms with Crippen molar-refractivity contribution in [1.29, 1.82) is 0 Å². The fourth-order valence-corrected chi connectivity index (χ4v) is 1.71. The zero-order valence-electron chi connectivity index (χ0n) is 7.56. The molecule has 1 aromatic carbocycles. The Kier molecular flexibility index (Phi) is 2.86. The lowest BCUT2D eigenvalue weighted by Crippen LogP contribution is -2.07. The molecule has 2 aromatic rings. The van der Waals surface area contributed by atoms with E-state index in [-0.39, 0.29) is 6.54 Å². The molecule has 0 saturated heterocycles. The maximum atomic E-state index is 5.86. The fourth-order valence-electron chi connectivity index (χ4n) is 1.20. The van der Waals surface area contributed by atoms with Gasteiger partial charge in [-0.3, -0.25) is 0 Å². The van der Waals surface area contributed by atoms with Crippen molar-refractivity contribution in [2.75, 3.05) is 0 Å². The average molecular weight is 244 g/mol. The quantitative estimate of drug-likeness (QED) is 0.867. The molecule has 78 valence electrons. The zero-order chi connectivity index (χ0) is 10.8. The van der Waals surface area contributed by atoms with Crippen molar-refractivity contribution in [1.82, 2.24) is 20.2 Å². The van der Waals surface area contributed by atoms with Crippen LogP contribution in [0.25, 0.3) is 5.69 Å². The minimum Gasteiger partial charge on any atom is -0.324 e. The summed E-state index contributed by atoms with van der Waals surface area (Å²) in [6, 6.07) is 5.06. The highest BCUT2D eigenvalue weighted by atomic mass is 35.5. The van der Waals surface area contributed by atoms with Crippen LogP contribution in [0.3, 0.4) is 0 Å². The second-order valence-corrected chi connectivity index (χ2v) is 3.71. The third kappa shape index (κ3) is 2.09. The Balaban J connectivity index is 2.53. The summed E-state index contributed by atoms with van der Waals surface area (Å²) in [6.07, 6.45) is 0. The number of hydrogen-bond donors (Lipinski definition) is 1. The van der Waals surface area contributed by atoms with Crippen LogP contribution in [-0.2, 0) is 6.54 Å². The lowest BCUT2D eigenvalue weighted by Gasteiger charge is -2.03. The maximum Gasteiger partial charge on any atom is 0.170 e. The van der Waals surface area contributed by atoms with E-state index in [2.05, 4.69) is 15.5 Å². The molecule has 5 nitrogen and oxygen atoms in total. The molecular formula is C8H7Cl2N5. The van der Waals surface area contributed by atoms with Gasteiger partial charge in [-0.05, 0) is 28.6 Å². The Morgan fingerprint density at radius 2 is 1.87 bits per heavy atom. The fraction of sp³-hybridized carbons (Fsp3) is 0.125. The number of benzene rings is 1. The second-order valence-electron chi connectivity index (χ2n) is 2.84. The van der Waals surface area contributed by atoms with Gasteiger partial charge in [-0.15, -0.1) is 5.10 Å². The highest BCUT2D eigenvalue weighted by molar-refractivity contribution is 6.34. The Morgan fingerprint density at radius 1 is 1.20 bits per heavy atom. The van der Waals surface area contributed by atoms with Crippen LogP contribution in [0.1, 0.15) is 5.82 Å². The molecule has 0 spiro atoms. The van der Waals surface area contributed by atoms with Crippen LogP contribution in [-0.4, -0.2) is 20.2 Å². The first-order valence-electron chi connectivity index (χ1n) is 4.14. The molecule has 2 N–H and O–H groups in total. The molecule has 0 amide bonds. The summed E-state index contributed by atoms with van der Waals surface area (Å²) in [5.74, 6) is 0.549. The van der Waals surface area contributed by atoms with Gasteiger partial charge in [-0.25, -0.2) is 0 Å². The number of nitrogens with two attached hydrogens (primary N) is 1. The predicted molar refractivity (Wildman–Crippen MR) is 57.1 cm³/mol. The molecule has 0 saturated carbocycles. The van der Waals surface area contributed by atoms with Gasteiger partial charge >= 0.3 is 0 Å². The molecule has 7 heteroatoms. The van der Waals surface area contributed by atoms with Crippen molar-refractivity contribution in [3.05, 3.63) is 34.1 Å². The van der Waals surface area contributed by atoms with Crippen LogP contribution >= 0.6 is 23.2 Å². The molecule has 0 fully saturated rings. The largest absolute Gasteiger partial charge is 0.324 e. The Labute approximate surface area is 95.8 Å². The van der Waals surface area contributed by atoms with Crippen molar-refractivity contribution < 1.29 is 0 Å². The van der Waals surface area contributed by atoms with Crippen LogP contribution < -0.4 is 5.73 Å². The van der Waals surface area contributed by atoms with E-state index in [0.29, 0.717) is 21.6 Å². The third-order valence-corrected chi connectivity index (χ3v) is 2.24. The number of nitrogens with zero attached hydrogens (tertiary/aromatic N) is 4. The van der Waals surface area contributed by atoms with E-state index in [1.54, 1.807) is 18.2 Å². The van der Waals surface area contributed by atoms with E-state index in [1.807, 2.05) is 0 Å². The van der Waals surface area contributed by atoms with Crippen LogP contribution in [0, 0.1) is 0 Å². The zero-order valence-corrected chi connectivity index (χ0v) is 9.07. The SMILES string of the molecule is NCc1nnnn1-c1cc(Cl)cc(Cl)c1. The Bertz CT molecular complexity index is 461. The molecule has 1 aromatic heterocycles. The number of hydrogen-bond acceptors (Lipinski definition) is 4. The number of tetrazole rings is 1. The predicted octanol–water partition coefficient (Wildman–Crippen LogP) is 1.43. The van der Waals surface area contributed by atoms with Gasteiger partial charge in [0.05, 0.1) is 12.2 Å². The number of halogens is 2. The molecule has 0 aliphatic carbocycles. The lowest BCUT2D eigenvalue weighted by atomic mass is 10.3. The summed E-state index contributed by atoms with van der Waals surface area (Å²) in [4.78, 5) is 0. The summed E-state index contributed by atoms with van der Waals surface area (Å²) in [6.45, 7) is 0.247. The Hall–Kier alpha value is -1.17. The number of aromatic nitrogens is 4. The Morgan fingerprint density at radius 3 is 2.47 bits per heavy atom. The van der Waals surface area contributed by atoms with Gasteiger partial charge in [0.1, 0.15) is 0 Å². The molecule has 0 aliphatic rings. The highest BCUT2D eigenvalue weighted by Crippen LogP contribution is 2.21. The first kappa shape index (κ1) is 10.4. The minimum absolute atomic E-state index is 0.247. The van der Waals surface area contributed by atoms with Crippen molar-refractivity contribution >= 4 is 23.2 Å². The van der Waals surface area contributed by atoms with Gasteiger partial charge in [-0.2, -0.15) is 4.68 Å². The second kappa shape index (κ2) is 4.14. The lowest BCUT2D eigenvalue weighted by molar-refractivity contribution is 0.761. The van der Waals surface area contributed by atoms with E-state index >= 15 is 0 Å². The first-order chi connectivity index (χ1) is 7.20. The molecule has 0 bridgehead atoms. The van der Waals surface area contributed by atoms with Gasteiger partial charge in [0.2, 0.25) is 0 Å². The summed E-state index contributed by atoms with van der Waals surface area (Å²) >= 11 is 11.7. The smallest absolute Gasteiger partial charge is 0.170 e. The van der Waals surface area contributed by atoms with Gasteiger partial charge in [-0.1, -0.05) is 23.2 Å². The molecule has 0 aliphatic heterocycles. The first-order valence-corrected chi connectivity index (χ1v) is 4.90. The topological polar surface area (TPSA) is 69.6 Å². The van der Waals surface area contributed by atoms with Crippen LogP contribution in [0.4, 0.5) is 0 Å². The molecule has 0 atom stereocenters. The molecular weight excluding hydrogens is 237 g/mol. The van der Waals surface area contributed by atoms with Gasteiger partial charge in [0, 0.05) is 10.0 Å². The molecule has 0 radical (unpaired) electrons. The summed E-state index contributed by atoms with van der Waals surface area (Å²) in [5.41, 5.74) is 6.17. The van der Waals surface area contributed by atoms with Crippen LogP contribution in [0.15, 0.2) is 18.2 Å². The van der Waals surface area contributed by atoms with Crippen LogP contribution in [0.5, 0.6) is 0 Å². The van der Waals surface area contributed by atoms with Crippen molar-refractivity contribution in [3.63, 3.8) is 0 Å². The summed E-state index contributed by atoms with van der Waals surface area (Å²) in [5, 5.41) is 12.1. The van der Waals surface area contributed by atoms with E-state index in [0.717, 1.165) is 0 Å². The van der Waals surface area contributed by atoms with Gasteiger partial charge in [0.25, 0.3) is 0 Å². The van der Waals surface area contributed by atoms with Crippen molar-refractivity contribution in [2.24, 2.45) is 5.73 Å². The number of rotatable bonds is 2. The van der Waals surface area contributed by atoms with E-state index in [4.69, 9.17) is 28.9 Å². The van der Waals surface area contributed by atoms with Gasteiger partial charge < -0.3 is 5.73 Å². The summed E-state index contributed by atoms with van der Waals surface area (Å²) < 4.78 is 1.50. The van der Waals surface area contributed by atoms with Crippen molar-refractivity contribution in [2.45, 2.75) is 6.54 Å². The maximum absolute atomic E-state index is 5.86. The van der Waals surface area contributed by atoms with E-state index in [1.165, 1.54) is 4.68 Å².